The van der Waals surface area contributed by atoms with Crippen molar-refractivity contribution >= 4 is 22.7 Å². The SMILES string of the molecule is COC(=O)c1c(N)c(C#N)cn1-c1ccccc1-c1nc2ccccc2[nH]1. The Bertz CT molecular complexity index is 1180. The lowest BCUT2D eigenvalue weighted by Crippen LogP contribution is -2.11. The maximum atomic E-state index is 12.3. The minimum absolute atomic E-state index is 0.0868. The van der Waals surface area contributed by atoms with Gasteiger partial charge in [-0.1, -0.05) is 24.3 Å². The molecule has 0 saturated carbocycles. The minimum atomic E-state index is -0.617. The number of para-hydroxylation sites is 3. The zero-order chi connectivity index (χ0) is 19.0. The summed E-state index contributed by atoms with van der Waals surface area (Å²) < 4.78 is 6.43. The molecule has 4 rings (SSSR count). The van der Waals surface area contributed by atoms with E-state index in [1.54, 1.807) is 4.57 Å². The van der Waals surface area contributed by atoms with Gasteiger partial charge < -0.3 is 20.0 Å². The number of nitriles is 1. The largest absolute Gasteiger partial charge is 0.464 e. The second kappa shape index (κ2) is 6.35. The number of H-pyrrole nitrogens is 1. The van der Waals surface area contributed by atoms with Crippen molar-refractivity contribution < 1.29 is 9.53 Å². The topological polar surface area (TPSA) is 110 Å². The van der Waals surface area contributed by atoms with Crippen LogP contribution in [0.4, 0.5) is 5.69 Å². The number of nitrogen functional groups attached to an aromatic ring is 1. The molecule has 2 aromatic heterocycles. The molecule has 7 nitrogen and oxygen atoms in total. The summed E-state index contributed by atoms with van der Waals surface area (Å²) in [6.07, 6.45) is 1.53. The van der Waals surface area contributed by atoms with Gasteiger partial charge in [-0.2, -0.15) is 5.26 Å². The first-order chi connectivity index (χ1) is 13.1. The number of nitrogens with zero attached hydrogens (tertiary/aromatic N) is 3. The maximum absolute atomic E-state index is 12.3. The zero-order valence-electron chi connectivity index (χ0n) is 14.4. The van der Waals surface area contributed by atoms with Crippen LogP contribution in [0.15, 0.2) is 54.7 Å². The first-order valence-corrected chi connectivity index (χ1v) is 8.17. The lowest BCUT2D eigenvalue weighted by atomic mass is 10.1. The van der Waals surface area contributed by atoms with Crippen LogP contribution in [0.1, 0.15) is 16.1 Å². The highest BCUT2D eigenvalue weighted by Gasteiger charge is 2.23. The molecule has 27 heavy (non-hydrogen) atoms. The summed E-state index contributed by atoms with van der Waals surface area (Å²) in [6.45, 7) is 0. The van der Waals surface area contributed by atoms with E-state index in [0.29, 0.717) is 11.5 Å². The second-order valence-electron chi connectivity index (χ2n) is 5.90. The normalized spacial score (nSPS) is 10.7. The number of hydrogen-bond donors (Lipinski definition) is 2. The average molecular weight is 357 g/mol. The van der Waals surface area contributed by atoms with Gasteiger partial charge in [0.25, 0.3) is 0 Å². The van der Waals surface area contributed by atoms with E-state index in [-0.39, 0.29) is 16.9 Å². The lowest BCUT2D eigenvalue weighted by Gasteiger charge is -2.12. The molecule has 0 aliphatic heterocycles. The van der Waals surface area contributed by atoms with Gasteiger partial charge in [0.1, 0.15) is 11.9 Å². The molecule has 132 valence electrons. The highest BCUT2D eigenvalue weighted by molar-refractivity contribution is 5.96. The van der Waals surface area contributed by atoms with E-state index in [1.807, 2.05) is 54.6 Å². The van der Waals surface area contributed by atoms with Crippen LogP contribution in [0, 0.1) is 11.3 Å². The number of anilines is 1. The smallest absolute Gasteiger partial charge is 0.357 e. The van der Waals surface area contributed by atoms with Crippen LogP contribution in [-0.2, 0) is 4.74 Å². The number of ether oxygens (including phenoxy) is 1. The number of fused-ring (bicyclic) bond motifs is 1. The highest BCUT2D eigenvalue weighted by atomic mass is 16.5. The summed E-state index contributed by atoms with van der Waals surface area (Å²) in [7, 11) is 1.27. The van der Waals surface area contributed by atoms with Crippen LogP contribution >= 0.6 is 0 Å². The van der Waals surface area contributed by atoms with Crippen molar-refractivity contribution in [3.63, 3.8) is 0 Å². The molecule has 0 aliphatic carbocycles. The fourth-order valence-corrected chi connectivity index (χ4v) is 3.07. The number of nitrogens with two attached hydrogens (primary N) is 1. The molecule has 0 amide bonds. The third-order valence-electron chi connectivity index (χ3n) is 4.35. The zero-order valence-corrected chi connectivity index (χ0v) is 14.4. The molecule has 0 atom stereocenters. The van der Waals surface area contributed by atoms with Crippen molar-refractivity contribution in [2.45, 2.75) is 0 Å². The Morgan fingerprint density at radius 1 is 1.22 bits per heavy atom. The van der Waals surface area contributed by atoms with Gasteiger partial charge >= 0.3 is 5.97 Å². The van der Waals surface area contributed by atoms with Crippen LogP contribution in [0.3, 0.4) is 0 Å². The molecule has 0 fully saturated rings. The van der Waals surface area contributed by atoms with Crippen LogP contribution < -0.4 is 5.73 Å². The fraction of sp³-hybridized carbons (Fsp3) is 0.0500. The van der Waals surface area contributed by atoms with Crippen LogP contribution in [0.2, 0.25) is 0 Å². The third-order valence-corrected chi connectivity index (χ3v) is 4.35. The number of hydrogen-bond acceptors (Lipinski definition) is 5. The first kappa shape index (κ1) is 16.4. The van der Waals surface area contributed by atoms with E-state index < -0.39 is 5.97 Å². The standard InChI is InChI=1S/C20H15N5O2/c1-27-20(26)18-17(22)12(10-21)11-25(18)16-9-5-2-6-13(16)19-23-14-7-3-4-8-15(14)24-19/h2-9,11H,22H2,1H3,(H,23,24). The Morgan fingerprint density at radius 3 is 2.70 bits per heavy atom. The molecule has 0 radical (unpaired) electrons. The van der Waals surface area contributed by atoms with Gasteiger partial charge in [0.05, 0.1) is 35.1 Å². The maximum Gasteiger partial charge on any atom is 0.357 e. The summed E-state index contributed by atoms with van der Waals surface area (Å²) in [5, 5.41) is 9.33. The van der Waals surface area contributed by atoms with Crippen molar-refractivity contribution in [3.8, 4) is 23.1 Å². The summed E-state index contributed by atoms with van der Waals surface area (Å²) >= 11 is 0. The van der Waals surface area contributed by atoms with Gasteiger partial charge in [0, 0.05) is 11.8 Å². The van der Waals surface area contributed by atoms with E-state index in [4.69, 9.17) is 10.5 Å². The van der Waals surface area contributed by atoms with Crippen molar-refractivity contribution in [1.29, 1.82) is 5.26 Å². The molecule has 0 unspecified atom stereocenters. The number of rotatable bonds is 3. The molecule has 0 saturated heterocycles. The summed E-state index contributed by atoms with van der Waals surface area (Å²) in [5.74, 6) is 0.0294. The first-order valence-electron chi connectivity index (χ1n) is 8.17. The Kier molecular flexibility index (Phi) is 3.86. The van der Waals surface area contributed by atoms with E-state index in [1.165, 1.54) is 13.3 Å². The van der Waals surface area contributed by atoms with Crippen molar-refractivity contribution in [3.05, 3.63) is 66.0 Å². The second-order valence-corrected chi connectivity index (χ2v) is 5.90. The fourth-order valence-electron chi connectivity index (χ4n) is 3.07. The van der Waals surface area contributed by atoms with E-state index in [2.05, 4.69) is 9.97 Å². The molecule has 0 bridgehead atoms. The monoisotopic (exact) mass is 357 g/mol. The Labute approximate surface area is 154 Å². The Hall–Kier alpha value is -4.05. The predicted octanol–water partition coefficient (Wildman–Crippen LogP) is 3.26. The Morgan fingerprint density at radius 2 is 1.96 bits per heavy atom. The minimum Gasteiger partial charge on any atom is -0.464 e. The highest BCUT2D eigenvalue weighted by Crippen LogP contribution is 2.31. The van der Waals surface area contributed by atoms with Gasteiger partial charge in [-0.15, -0.1) is 0 Å². The number of nitrogens with one attached hydrogen (secondary N) is 1. The molecule has 4 aromatic rings. The average Bonchev–Trinajstić information content (AvgIpc) is 3.28. The number of carbonyl (C=O) groups excluding carboxylic acids is 1. The predicted molar refractivity (Wildman–Crippen MR) is 101 cm³/mol. The molecule has 7 heteroatoms. The third kappa shape index (κ3) is 2.60. The van der Waals surface area contributed by atoms with Crippen molar-refractivity contribution in [2.75, 3.05) is 12.8 Å². The summed E-state index contributed by atoms with van der Waals surface area (Å²) in [4.78, 5) is 20.2. The van der Waals surface area contributed by atoms with Gasteiger partial charge in [-0.3, -0.25) is 0 Å². The quantitative estimate of drug-likeness (QED) is 0.547. The van der Waals surface area contributed by atoms with E-state index in [0.717, 1.165) is 16.6 Å². The molecular weight excluding hydrogens is 342 g/mol. The number of imidazole rings is 1. The molecule has 2 heterocycles. The van der Waals surface area contributed by atoms with E-state index >= 15 is 0 Å². The number of carbonyl (C=O) groups is 1. The van der Waals surface area contributed by atoms with Gasteiger partial charge in [0.2, 0.25) is 0 Å². The summed E-state index contributed by atoms with van der Waals surface area (Å²) in [6, 6.07) is 17.1. The number of methoxy groups -OCH3 is 1. The number of aromatic nitrogens is 3. The van der Waals surface area contributed by atoms with Crippen LogP contribution in [0.5, 0.6) is 0 Å². The number of benzene rings is 2. The molecular formula is C20H15N5O2. The molecule has 3 N–H and O–H groups in total. The summed E-state index contributed by atoms with van der Waals surface area (Å²) in [5.41, 5.74) is 9.57. The Balaban J connectivity index is 1.97. The molecule has 0 spiro atoms. The number of aromatic amines is 1. The van der Waals surface area contributed by atoms with Crippen LogP contribution in [-0.4, -0.2) is 27.6 Å². The number of esters is 1. The van der Waals surface area contributed by atoms with Gasteiger partial charge in [0.15, 0.2) is 5.69 Å². The van der Waals surface area contributed by atoms with E-state index in [9.17, 15) is 10.1 Å². The molecule has 2 aromatic carbocycles. The molecule has 0 aliphatic rings. The van der Waals surface area contributed by atoms with Gasteiger partial charge in [-0.25, -0.2) is 9.78 Å². The van der Waals surface area contributed by atoms with Crippen molar-refractivity contribution in [1.82, 2.24) is 14.5 Å². The lowest BCUT2D eigenvalue weighted by molar-refractivity contribution is 0.0593. The van der Waals surface area contributed by atoms with Crippen molar-refractivity contribution in [2.24, 2.45) is 0 Å². The van der Waals surface area contributed by atoms with Crippen LogP contribution in [0.25, 0.3) is 28.1 Å². The van der Waals surface area contributed by atoms with Gasteiger partial charge in [-0.05, 0) is 24.3 Å².